The van der Waals surface area contributed by atoms with Crippen LogP contribution in [0.25, 0.3) is 0 Å². The van der Waals surface area contributed by atoms with Crippen molar-refractivity contribution in [1.82, 2.24) is 19.8 Å². The van der Waals surface area contributed by atoms with E-state index in [2.05, 4.69) is 15.5 Å². The molecule has 12 heteroatoms. The average Bonchev–Trinajstić information content (AvgIpc) is 3.10. The number of urea groups is 1. The highest BCUT2D eigenvalue weighted by molar-refractivity contribution is 7.91. The third kappa shape index (κ3) is 3.99. The number of carbonyl (C=O) groups is 2. The minimum absolute atomic E-state index is 0.166. The van der Waals surface area contributed by atoms with Crippen LogP contribution in [0.5, 0.6) is 0 Å². The summed E-state index contributed by atoms with van der Waals surface area (Å²) in [6.07, 6.45) is 1.17. The van der Waals surface area contributed by atoms with Crippen molar-refractivity contribution in [2.75, 3.05) is 32.1 Å². The molecule has 1 fully saturated rings. The molecule has 1 aromatic rings. The van der Waals surface area contributed by atoms with Gasteiger partial charge in [0, 0.05) is 27.6 Å². The Kier molecular flexibility index (Phi) is 5.72. The second kappa shape index (κ2) is 7.40. The van der Waals surface area contributed by atoms with Gasteiger partial charge in [0.05, 0.1) is 12.6 Å². The van der Waals surface area contributed by atoms with E-state index in [-0.39, 0.29) is 34.1 Å². The SMILES string of the molecule is CC(=O)OCCCC1CNC(=O)N1c1nnc(S(=O)(=O)N(C)C)s1. The van der Waals surface area contributed by atoms with Gasteiger partial charge in [0.25, 0.3) is 10.0 Å². The minimum Gasteiger partial charge on any atom is -0.466 e. The van der Waals surface area contributed by atoms with Gasteiger partial charge >= 0.3 is 12.0 Å². The maximum absolute atomic E-state index is 12.1. The van der Waals surface area contributed by atoms with Gasteiger partial charge in [-0.3, -0.25) is 9.69 Å². The molecule has 0 radical (unpaired) electrons. The van der Waals surface area contributed by atoms with Crippen molar-refractivity contribution >= 4 is 38.5 Å². The highest BCUT2D eigenvalue weighted by atomic mass is 32.2. The lowest BCUT2D eigenvalue weighted by molar-refractivity contribution is -0.141. The van der Waals surface area contributed by atoms with Gasteiger partial charge in [-0.15, -0.1) is 10.2 Å². The summed E-state index contributed by atoms with van der Waals surface area (Å²) >= 11 is 0.845. The number of ether oxygens (including phenoxy) is 1. The molecule has 1 saturated heterocycles. The molecule has 0 bridgehead atoms. The van der Waals surface area contributed by atoms with Crippen LogP contribution in [-0.2, 0) is 19.6 Å². The van der Waals surface area contributed by atoms with E-state index >= 15 is 0 Å². The van der Waals surface area contributed by atoms with Gasteiger partial charge < -0.3 is 10.1 Å². The van der Waals surface area contributed by atoms with E-state index in [4.69, 9.17) is 4.74 Å². The van der Waals surface area contributed by atoms with Crippen molar-refractivity contribution in [3.8, 4) is 0 Å². The molecule has 1 aliphatic rings. The summed E-state index contributed by atoms with van der Waals surface area (Å²) in [5, 5.41) is 10.5. The highest BCUT2D eigenvalue weighted by Crippen LogP contribution is 2.29. The smallest absolute Gasteiger partial charge is 0.324 e. The Labute approximate surface area is 143 Å². The van der Waals surface area contributed by atoms with Crippen LogP contribution in [0, 0.1) is 0 Å². The topological polar surface area (TPSA) is 122 Å². The Morgan fingerprint density at radius 1 is 1.46 bits per heavy atom. The molecular weight excluding hydrogens is 358 g/mol. The summed E-state index contributed by atoms with van der Waals surface area (Å²) in [6, 6.07) is -0.548. The van der Waals surface area contributed by atoms with Crippen LogP contribution in [-0.4, -0.2) is 68.2 Å². The van der Waals surface area contributed by atoms with Gasteiger partial charge in [-0.25, -0.2) is 17.5 Å². The van der Waals surface area contributed by atoms with Crippen LogP contribution < -0.4 is 10.2 Å². The van der Waals surface area contributed by atoms with Gasteiger partial charge in [-0.2, -0.15) is 0 Å². The number of esters is 1. The maximum Gasteiger partial charge on any atom is 0.324 e. The van der Waals surface area contributed by atoms with E-state index < -0.39 is 10.0 Å². The number of hydrogen-bond acceptors (Lipinski definition) is 8. The number of rotatable bonds is 7. The molecule has 1 aromatic heterocycles. The first kappa shape index (κ1) is 18.5. The maximum atomic E-state index is 12.1. The first-order valence-electron chi connectivity index (χ1n) is 7.20. The zero-order valence-corrected chi connectivity index (χ0v) is 15.2. The Bertz CT molecular complexity index is 717. The summed E-state index contributed by atoms with van der Waals surface area (Å²) in [4.78, 5) is 24.2. The molecule has 0 aromatic carbocycles. The molecule has 2 rings (SSSR count). The van der Waals surface area contributed by atoms with Crippen molar-refractivity contribution < 1.29 is 22.7 Å². The predicted molar refractivity (Wildman–Crippen MR) is 86.3 cm³/mol. The number of anilines is 1. The van der Waals surface area contributed by atoms with E-state index in [9.17, 15) is 18.0 Å². The van der Waals surface area contributed by atoms with Crippen LogP contribution in [0.15, 0.2) is 4.34 Å². The summed E-state index contributed by atoms with van der Waals surface area (Å²) in [5.41, 5.74) is 0. The molecular formula is C12H19N5O5S2. The molecule has 1 N–H and O–H groups in total. The van der Waals surface area contributed by atoms with Crippen LogP contribution in [0.1, 0.15) is 19.8 Å². The second-order valence-corrected chi connectivity index (χ2v) is 8.61. The molecule has 0 aliphatic carbocycles. The first-order valence-corrected chi connectivity index (χ1v) is 9.45. The summed E-state index contributed by atoms with van der Waals surface area (Å²) in [5.74, 6) is -0.352. The van der Waals surface area contributed by atoms with Crippen molar-refractivity contribution in [1.29, 1.82) is 0 Å². The van der Waals surface area contributed by atoms with Gasteiger partial charge in [-0.05, 0) is 12.8 Å². The normalized spacial score (nSPS) is 18.1. The zero-order valence-electron chi connectivity index (χ0n) is 13.6. The van der Waals surface area contributed by atoms with E-state index in [0.717, 1.165) is 15.6 Å². The third-order valence-corrected chi connectivity index (χ3v) is 6.45. The number of nitrogens with zero attached hydrogens (tertiary/aromatic N) is 4. The molecule has 10 nitrogen and oxygen atoms in total. The van der Waals surface area contributed by atoms with Crippen LogP contribution in [0.3, 0.4) is 0 Å². The summed E-state index contributed by atoms with van der Waals surface area (Å²) < 4.78 is 29.9. The van der Waals surface area contributed by atoms with Gasteiger partial charge in [0.1, 0.15) is 0 Å². The molecule has 0 saturated carbocycles. The zero-order chi connectivity index (χ0) is 17.9. The van der Waals surface area contributed by atoms with Crippen LogP contribution in [0.4, 0.5) is 9.93 Å². The van der Waals surface area contributed by atoms with Crippen molar-refractivity contribution in [2.45, 2.75) is 30.1 Å². The molecule has 1 atom stereocenters. The molecule has 0 spiro atoms. The minimum atomic E-state index is -3.69. The van der Waals surface area contributed by atoms with Crippen molar-refractivity contribution in [2.24, 2.45) is 0 Å². The molecule has 1 unspecified atom stereocenters. The number of nitrogens with one attached hydrogen (secondary N) is 1. The lowest BCUT2D eigenvalue weighted by atomic mass is 10.1. The molecule has 134 valence electrons. The Hall–Kier alpha value is -1.79. The fourth-order valence-electron chi connectivity index (χ4n) is 2.12. The van der Waals surface area contributed by atoms with Crippen LogP contribution in [0.2, 0.25) is 0 Å². The number of hydrogen-bond donors (Lipinski definition) is 1. The van der Waals surface area contributed by atoms with Gasteiger partial charge in [-0.1, -0.05) is 11.3 Å². The number of carbonyl (C=O) groups excluding carboxylic acids is 2. The number of amides is 2. The molecule has 2 heterocycles. The highest BCUT2D eigenvalue weighted by Gasteiger charge is 2.35. The fraction of sp³-hybridized carbons (Fsp3) is 0.667. The van der Waals surface area contributed by atoms with Gasteiger partial charge in [0.15, 0.2) is 0 Å². The Balaban J connectivity index is 2.09. The van der Waals surface area contributed by atoms with E-state index in [0.29, 0.717) is 19.4 Å². The van der Waals surface area contributed by atoms with Crippen LogP contribution >= 0.6 is 11.3 Å². The monoisotopic (exact) mass is 377 g/mol. The van der Waals surface area contributed by atoms with Crippen molar-refractivity contribution in [3.63, 3.8) is 0 Å². The van der Waals surface area contributed by atoms with Crippen molar-refractivity contribution in [3.05, 3.63) is 0 Å². The third-order valence-electron chi connectivity index (χ3n) is 3.36. The lowest BCUT2D eigenvalue weighted by Gasteiger charge is -2.19. The van der Waals surface area contributed by atoms with E-state index in [1.807, 2.05) is 0 Å². The Morgan fingerprint density at radius 2 is 2.17 bits per heavy atom. The standard InChI is InChI=1S/C12H19N5O5S2/c1-8(18)22-6-4-5-9-7-13-10(19)17(9)11-14-15-12(23-11)24(20,21)16(2)3/h9H,4-7H2,1-3H3,(H,13,19). The van der Waals surface area contributed by atoms with E-state index in [1.54, 1.807) is 0 Å². The second-order valence-electron chi connectivity index (χ2n) is 5.33. The number of aromatic nitrogens is 2. The predicted octanol–water partition coefficient (Wildman–Crippen LogP) is 0.0299. The quantitative estimate of drug-likeness (QED) is 0.404. The number of sulfonamides is 1. The fourth-order valence-corrected chi connectivity index (χ4v) is 4.32. The summed E-state index contributed by atoms with van der Waals surface area (Å²) in [6.45, 7) is 2.01. The molecule has 24 heavy (non-hydrogen) atoms. The van der Waals surface area contributed by atoms with Gasteiger partial charge in [0.2, 0.25) is 9.47 Å². The average molecular weight is 377 g/mol. The largest absolute Gasteiger partial charge is 0.466 e. The Morgan fingerprint density at radius 3 is 2.79 bits per heavy atom. The molecule has 1 aliphatic heterocycles. The summed E-state index contributed by atoms with van der Waals surface area (Å²) in [7, 11) is -0.889. The van der Waals surface area contributed by atoms with E-state index in [1.165, 1.54) is 25.9 Å². The lowest BCUT2D eigenvalue weighted by Crippen LogP contribution is -2.34. The first-order chi connectivity index (χ1) is 11.2. The molecule has 2 amide bonds.